The van der Waals surface area contributed by atoms with Gasteiger partial charge in [-0.15, -0.1) is 0 Å². The summed E-state index contributed by atoms with van der Waals surface area (Å²) >= 11 is 0. The summed E-state index contributed by atoms with van der Waals surface area (Å²) in [7, 11) is 1.45. The average Bonchev–Trinajstić information content (AvgIpc) is 2.65. The Balaban J connectivity index is 3.26. The summed E-state index contributed by atoms with van der Waals surface area (Å²) < 4.78 is 4.63. The number of methoxy groups -OCH3 is 1. The highest BCUT2D eigenvalue weighted by atomic mass is 16.5. The number of hydrogen-bond acceptors (Lipinski definition) is 3. The second-order valence-corrected chi connectivity index (χ2v) is 7.50. The molecule has 1 N–H and O–H groups in total. The number of carbonyl (C=O) groups excluding carboxylic acids is 1. The van der Waals surface area contributed by atoms with Gasteiger partial charge in [-0.05, 0) is 25.7 Å². The van der Waals surface area contributed by atoms with Crippen molar-refractivity contribution in [3.8, 4) is 0 Å². The summed E-state index contributed by atoms with van der Waals surface area (Å²) in [6.45, 7) is 2.25. The van der Waals surface area contributed by atoms with Gasteiger partial charge in [0.2, 0.25) is 0 Å². The Morgan fingerprint density at radius 3 is 2.00 bits per heavy atom. The van der Waals surface area contributed by atoms with Gasteiger partial charge in [-0.2, -0.15) is 0 Å². The molecule has 26 heavy (non-hydrogen) atoms. The van der Waals surface area contributed by atoms with Crippen LogP contribution in [0.1, 0.15) is 116 Å². The SMILES string of the molecule is CCCCCCCC/C=C/C(O)CCCCCCCCCCC(=O)OC. The van der Waals surface area contributed by atoms with Gasteiger partial charge in [0.15, 0.2) is 0 Å². The van der Waals surface area contributed by atoms with Gasteiger partial charge in [0.1, 0.15) is 0 Å². The van der Waals surface area contributed by atoms with E-state index in [-0.39, 0.29) is 12.1 Å². The summed E-state index contributed by atoms with van der Waals surface area (Å²) in [5, 5.41) is 9.96. The standard InChI is InChI=1S/C23H44O3/c1-3-4-5-6-7-10-13-16-19-22(24)20-17-14-11-8-9-12-15-18-21-23(25)26-2/h16,19,22,24H,3-15,17-18,20-21H2,1-2H3/b19-16+. The first-order valence-electron chi connectivity index (χ1n) is 11.1. The third-order valence-electron chi connectivity index (χ3n) is 4.94. The Labute approximate surface area is 162 Å². The van der Waals surface area contributed by atoms with Crippen molar-refractivity contribution in [1.29, 1.82) is 0 Å². The summed E-state index contributed by atoms with van der Waals surface area (Å²) in [6.07, 6.45) is 23.8. The van der Waals surface area contributed by atoms with Gasteiger partial charge in [-0.3, -0.25) is 4.79 Å². The molecule has 0 aromatic carbocycles. The molecule has 0 aliphatic rings. The fraction of sp³-hybridized carbons (Fsp3) is 0.870. The Kier molecular flexibility index (Phi) is 19.8. The van der Waals surface area contributed by atoms with E-state index < -0.39 is 0 Å². The molecular weight excluding hydrogens is 324 g/mol. The van der Waals surface area contributed by atoms with Crippen LogP contribution in [-0.2, 0) is 9.53 Å². The van der Waals surface area contributed by atoms with Crippen LogP contribution in [0.15, 0.2) is 12.2 Å². The molecule has 0 rings (SSSR count). The fourth-order valence-electron chi connectivity index (χ4n) is 3.18. The van der Waals surface area contributed by atoms with Gasteiger partial charge in [0.25, 0.3) is 0 Å². The van der Waals surface area contributed by atoms with Crippen LogP contribution in [0.2, 0.25) is 0 Å². The molecule has 1 atom stereocenters. The number of aliphatic hydroxyl groups excluding tert-OH is 1. The zero-order chi connectivity index (χ0) is 19.3. The molecule has 0 saturated heterocycles. The molecule has 3 heteroatoms. The van der Waals surface area contributed by atoms with Gasteiger partial charge in [-0.25, -0.2) is 0 Å². The first-order valence-corrected chi connectivity index (χ1v) is 11.1. The minimum absolute atomic E-state index is 0.0930. The molecule has 154 valence electrons. The van der Waals surface area contributed by atoms with Crippen molar-refractivity contribution in [2.75, 3.05) is 7.11 Å². The summed E-state index contributed by atoms with van der Waals surface area (Å²) in [5.41, 5.74) is 0. The van der Waals surface area contributed by atoms with Crippen molar-refractivity contribution in [3.63, 3.8) is 0 Å². The second kappa shape index (κ2) is 20.5. The topological polar surface area (TPSA) is 46.5 Å². The zero-order valence-corrected chi connectivity index (χ0v) is 17.5. The van der Waals surface area contributed by atoms with E-state index in [1.54, 1.807) is 0 Å². The molecule has 0 bridgehead atoms. The first kappa shape index (κ1) is 25.2. The lowest BCUT2D eigenvalue weighted by molar-refractivity contribution is -0.140. The highest BCUT2D eigenvalue weighted by Crippen LogP contribution is 2.12. The predicted molar refractivity (Wildman–Crippen MR) is 111 cm³/mol. The number of allylic oxidation sites excluding steroid dienone is 1. The molecule has 0 aromatic rings. The number of aliphatic hydroxyl groups is 1. The molecule has 0 fully saturated rings. The lowest BCUT2D eigenvalue weighted by atomic mass is 10.0. The summed E-state index contributed by atoms with van der Waals surface area (Å²) in [4.78, 5) is 11.0. The molecule has 1 unspecified atom stereocenters. The van der Waals surface area contributed by atoms with Crippen LogP contribution in [0.25, 0.3) is 0 Å². The monoisotopic (exact) mass is 368 g/mol. The zero-order valence-electron chi connectivity index (χ0n) is 17.5. The van der Waals surface area contributed by atoms with Crippen molar-refractivity contribution in [1.82, 2.24) is 0 Å². The smallest absolute Gasteiger partial charge is 0.305 e. The van der Waals surface area contributed by atoms with E-state index in [0.717, 1.165) is 32.1 Å². The molecule has 0 heterocycles. The van der Waals surface area contributed by atoms with Crippen LogP contribution in [0.3, 0.4) is 0 Å². The number of hydrogen-bond donors (Lipinski definition) is 1. The molecular formula is C23H44O3. The van der Waals surface area contributed by atoms with E-state index in [2.05, 4.69) is 17.7 Å². The van der Waals surface area contributed by atoms with Gasteiger partial charge in [0.05, 0.1) is 13.2 Å². The molecule has 0 saturated carbocycles. The van der Waals surface area contributed by atoms with Crippen molar-refractivity contribution < 1.29 is 14.6 Å². The van der Waals surface area contributed by atoms with Gasteiger partial charge in [0, 0.05) is 6.42 Å². The van der Waals surface area contributed by atoms with Crippen LogP contribution in [0.5, 0.6) is 0 Å². The summed E-state index contributed by atoms with van der Waals surface area (Å²) in [5.74, 6) is -0.0930. The maximum atomic E-state index is 11.0. The Bertz CT molecular complexity index is 325. The normalized spacial score (nSPS) is 12.6. The molecule has 0 amide bonds. The fourth-order valence-corrected chi connectivity index (χ4v) is 3.18. The summed E-state index contributed by atoms with van der Waals surface area (Å²) in [6, 6.07) is 0. The molecule has 0 spiro atoms. The van der Waals surface area contributed by atoms with Crippen molar-refractivity contribution in [3.05, 3.63) is 12.2 Å². The van der Waals surface area contributed by atoms with Crippen LogP contribution in [0, 0.1) is 0 Å². The van der Waals surface area contributed by atoms with E-state index in [1.807, 2.05) is 6.08 Å². The molecule has 0 aliphatic carbocycles. The van der Waals surface area contributed by atoms with Gasteiger partial charge < -0.3 is 9.84 Å². The molecule has 3 nitrogen and oxygen atoms in total. The van der Waals surface area contributed by atoms with Crippen LogP contribution >= 0.6 is 0 Å². The average molecular weight is 369 g/mol. The number of ether oxygens (including phenoxy) is 1. The van der Waals surface area contributed by atoms with Gasteiger partial charge >= 0.3 is 5.97 Å². The molecule has 0 aromatic heterocycles. The lowest BCUT2D eigenvalue weighted by Crippen LogP contribution is -2.01. The number of carbonyl (C=O) groups is 1. The van der Waals surface area contributed by atoms with Crippen molar-refractivity contribution in [2.24, 2.45) is 0 Å². The Morgan fingerprint density at radius 1 is 0.846 bits per heavy atom. The predicted octanol–water partition coefficient (Wildman–Crippen LogP) is 6.73. The first-order chi connectivity index (χ1) is 12.7. The quantitative estimate of drug-likeness (QED) is 0.156. The van der Waals surface area contributed by atoms with Crippen LogP contribution in [0.4, 0.5) is 0 Å². The molecule has 0 radical (unpaired) electrons. The Morgan fingerprint density at radius 2 is 1.38 bits per heavy atom. The maximum absolute atomic E-state index is 11.0. The van der Waals surface area contributed by atoms with E-state index >= 15 is 0 Å². The largest absolute Gasteiger partial charge is 0.469 e. The molecule has 0 aliphatic heterocycles. The van der Waals surface area contributed by atoms with E-state index in [9.17, 15) is 9.90 Å². The second-order valence-electron chi connectivity index (χ2n) is 7.50. The van der Waals surface area contributed by atoms with Gasteiger partial charge in [-0.1, -0.05) is 96.1 Å². The minimum Gasteiger partial charge on any atom is -0.469 e. The maximum Gasteiger partial charge on any atom is 0.305 e. The van der Waals surface area contributed by atoms with Crippen LogP contribution < -0.4 is 0 Å². The van der Waals surface area contributed by atoms with E-state index in [0.29, 0.717) is 6.42 Å². The van der Waals surface area contributed by atoms with E-state index in [1.165, 1.54) is 77.7 Å². The third-order valence-corrected chi connectivity index (χ3v) is 4.94. The number of unbranched alkanes of at least 4 members (excludes halogenated alkanes) is 13. The van der Waals surface area contributed by atoms with Crippen molar-refractivity contribution in [2.45, 2.75) is 122 Å². The van der Waals surface area contributed by atoms with Crippen LogP contribution in [-0.4, -0.2) is 24.3 Å². The minimum atomic E-state index is -0.256. The highest BCUT2D eigenvalue weighted by Gasteiger charge is 2.00. The third kappa shape index (κ3) is 19.5. The Hall–Kier alpha value is -0.830. The number of rotatable bonds is 19. The number of esters is 1. The van der Waals surface area contributed by atoms with Crippen molar-refractivity contribution >= 4 is 5.97 Å². The van der Waals surface area contributed by atoms with E-state index in [4.69, 9.17) is 0 Å². The lowest BCUT2D eigenvalue weighted by Gasteiger charge is -2.06. The highest BCUT2D eigenvalue weighted by molar-refractivity contribution is 5.68.